The number of nitrogens with zero attached hydrogens (tertiary/aromatic N) is 2. The molecule has 0 radical (unpaired) electrons. The first-order valence-electron chi connectivity index (χ1n) is 8.07. The van der Waals surface area contributed by atoms with Crippen LogP contribution in [-0.2, 0) is 22.9 Å². The number of thiazole rings is 1. The summed E-state index contributed by atoms with van der Waals surface area (Å²) in [7, 11) is -1.49. The maximum Gasteiger partial charge on any atom is 0.291 e. The van der Waals surface area contributed by atoms with E-state index in [2.05, 4.69) is 15.2 Å². The highest BCUT2D eigenvalue weighted by Crippen LogP contribution is 2.17. The van der Waals surface area contributed by atoms with Crippen LogP contribution in [0.1, 0.15) is 21.8 Å². The molecular formula is C18H19N3O4S2. The topological polar surface area (TPSA) is 92.5 Å². The highest BCUT2D eigenvalue weighted by atomic mass is 32.2. The van der Waals surface area contributed by atoms with Crippen LogP contribution in [0.5, 0.6) is 0 Å². The first kappa shape index (κ1) is 19.3. The number of aromatic nitrogens is 1. The van der Waals surface area contributed by atoms with Crippen molar-refractivity contribution in [2.45, 2.75) is 18.2 Å². The Morgan fingerprint density at radius 3 is 2.74 bits per heavy atom. The van der Waals surface area contributed by atoms with Gasteiger partial charge in [-0.05, 0) is 36.9 Å². The molecular weight excluding hydrogens is 386 g/mol. The first-order chi connectivity index (χ1) is 12.8. The van der Waals surface area contributed by atoms with Crippen LogP contribution in [0.3, 0.4) is 0 Å². The molecule has 0 aliphatic rings. The number of hydrogen-bond acceptors (Lipinski definition) is 7. The summed E-state index contributed by atoms with van der Waals surface area (Å²) < 4.78 is 28.0. The smallest absolute Gasteiger partial charge is 0.291 e. The van der Waals surface area contributed by atoms with E-state index in [-0.39, 0.29) is 10.9 Å². The van der Waals surface area contributed by atoms with Crippen molar-refractivity contribution in [1.29, 1.82) is 0 Å². The first-order valence-corrected chi connectivity index (χ1v) is 10.9. The predicted molar refractivity (Wildman–Crippen MR) is 103 cm³/mol. The normalized spacial score (nSPS) is 11.7. The third kappa shape index (κ3) is 5.25. The Balaban J connectivity index is 1.64. The zero-order valence-corrected chi connectivity index (χ0v) is 16.5. The van der Waals surface area contributed by atoms with Gasteiger partial charge in [0.25, 0.3) is 5.91 Å². The molecule has 9 heteroatoms. The number of carbonyl (C=O) groups is 1. The van der Waals surface area contributed by atoms with E-state index < -0.39 is 15.7 Å². The molecule has 2 aromatic heterocycles. The van der Waals surface area contributed by atoms with Gasteiger partial charge in [0.05, 0.1) is 11.2 Å². The Kier molecular flexibility index (Phi) is 5.73. The van der Waals surface area contributed by atoms with Gasteiger partial charge in [0.2, 0.25) is 14.9 Å². The lowest BCUT2D eigenvalue weighted by atomic mass is 10.2. The predicted octanol–water partition coefficient (Wildman–Crippen LogP) is 3.02. The van der Waals surface area contributed by atoms with Gasteiger partial charge >= 0.3 is 0 Å². The van der Waals surface area contributed by atoms with Gasteiger partial charge in [0, 0.05) is 30.4 Å². The number of amides is 1. The summed E-state index contributed by atoms with van der Waals surface area (Å²) >= 11 is 1.57. The van der Waals surface area contributed by atoms with Crippen LogP contribution < -0.4 is 5.32 Å². The number of hydrogen-bond donors (Lipinski definition) is 1. The van der Waals surface area contributed by atoms with E-state index in [0.29, 0.717) is 12.2 Å². The Bertz CT molecular complexity index is 1030. The molecule has 0 bridgehead atoms. The maximum atomic E-state index is 12.3. The molecule has 142 valence electrons. The molecule has 2 heterocycles. The van der Waals surface area contributed by atoms with Crippen LogP contribution in [0.2, 0.25) is 0 Å². The average Bonchev–Trinajstić information content (AvgIpc) is 3.26. The molecule has 3 aromatic rings. The molecule has 7 nitrogen and oxygen atoms in total. The van der Waals surface area contributed by atoms with E-state index in [1.165, 1.54) is 12.1 Å². The van der Waals surface area contributed by atoms with Crippen LogP contribution in [0.15, 0.2) is 56.8 Å². The van der Waals surface area contributed by atoms with E-state index >= 15 is 0 Å². The molecule has 3 rings (SSSR count). The monoisotopic (exact) mass is 405 g/mol. The summed E-state index contributed by atoms with van der Waals surface area (Å²) in [6, 6.07) is 10.1. The fourth-order valence-corrected chi connectivity index (χ4v) is 3.65. The quantitative estimate of drug-likeness (QED) is 0.650. The van der Waals surface area contributed by atoms with Crippen molar-refractivity contribution in [2.75, 3.05) is 18.6 Å². The second-order valence-corrected chi connectivity index (χ2v) is 8.86. The van der Waals surface area contributed by atoms with Crippen molar-refractivity contribution in [3.05, 3.63) is 64.3 Å². The minimum atomic E-state index is -3.49. The molecule has 0 unspecified atom stereocenters. The minimum absolute atomic E-state index is 0.0542. The van der Waals surface area contributed by atoms with Gasteiger partial charge in [-0.25, -0.2) is 13.4 Å². The van der Waals surface area contributed by atoms with Crippen molar-refractivity contribution >= 4 is 32.8 Å². The summed E-state index contributed by atoms with van der Waals surface area (Å²) in [5.41, 5.74) is 4.47. The molecule has 0 aliphatic heterocycles. The van der Waals surface area contributed by atoms with E-state index in [4.69, 9.17) is 4.42 Å². The van der Waals surface area contributed by atoms with E-state index in [9.17, 15) is 13.2 Å². The Morgan fingerprint density at radius 1 is 1.26 bits per heavy atom. The Hall–Kier alpha value is -2.49. The number of nitrogens with one attached hydrogen (secondary N) is 1. The number of rotatable bonds is 7. The van der Waals surface area contributed by atoms with Gasteiger partial charge < -0.3 is 9.73 Å². The van der Waals surface area contributed by atoms with Crippen molar-refractivity contribution < 1.29 is 17.6 Å². The van der Waals surface area contributed by atoms with E-state index in [1.807, 2.05) is 36.1 Å². The molecule has 1 amide bonds. The maximum absolute atomic E-state index is 12.3. The van der Waals surface area contributed by atoms with Crippen LogP contribution >= 0.6 is 11.3 Å². The van der Waals surface area contributed by atoms with Crippen molar-refractivity contribution in [2.24, 2.45) is 0 Å². The second kappa shape index (κ2) is 8.03. The fraction of sp³-hybridized carbons (Fsp3) is 0.222. The van der Waals surface area contributed by atoms with E-state index in [0.717, 1.165) is 24.1 Å². The van der Waals surface area contributed by atoms with E-state index in [1.54, 1.807) is 17.4 Å². The van der Waals surface area contributed by atoms with Gasteiger partial charge in [-0.2, -0.15) is 0 Å². The highest BCUT2D eigenvalue weighted by molar-refractivity contribution is 7.90. The minimum Gasteiger partial charge on any atom is -0.440 e. The fourth-order valence-electron chi connectivity index (χ4n) is 2.54. The molecule has 27 heavy (non-hydrogen) atoms. The van der Waals surface area contributed by atoms with Crippen LogP contribution in [-0.4, -0.2) is 37.5 Å². The molecule has 0 saturated heterocycles. The summed E-state index contributed by atoms with van der Waals surface area (Å²) in [6.07, 6.45) is 1.03. The van der Waals surface area contributed by atoms with Gasteiger partial charge in [0.1, 0.15) is 0 Å². The SMILES string of the molecule is CN(Cc1cccc(NC(=O)c2ccc(S(C)(=O)=O)o2)c1)Cc1cscn1. The zero-order valence-electron chi connectivity index (χ0n) is 14.9. The molecule has 0 atom stereocenters. The number of carbonyl (C=O) groups excluding carboxylic acids is 1. The Labute approximate surface area is 161 Å². The largest absolute Gasteiger partial charge is 0.440 e. The summed E-state index contributed by atoms with van der Waals surface area (Å²) in [5, 5.41) is 4.51. The van der Waals surface area contributed by atoms with Crippen molar-refractivity contribution in [3.63, 3.8) is 0 Å². The lowest BCUT2D eigenvalue weighted by Gasteiger charge is -2.16. The molecule has 0 fully saturated rings. The van der Waals surface area contributed by atoms with Crippen LogP contribution in [0.25, 0.3) is 0 Å². The lowest BCUT2D eigenvalue weighted by molar-refractivity contribution is 0.0991. The van der Waals surface area contributed by atoms with Gasteiger partial charge in [-0.15, -0.1) is 11.3 Å². The number of benzene rings is 1. The third-order valence-electron chi connectivity index (χ3n) is 3.72. The number of furan rings is 1. The van der Waals surface area contributed by atoms with Gasteiger partial charge in [-0.1, -0.05) is 12.1 Å². The number of anilines is 1. The third-order valence-corrected chi connectivity index (χ3v) is 5.31. The van der Waals surface area contributed by atoms with Crippen LogP contribution in [0.4, 0.5) is 5.69 Å². The highest BCUT2D eigenvalue weighted by Gasteiger charge is 2.17. The lowest BCUT2D eigenvalue weighted by Crippen LogP contribution is -2.17. The molecule has 0 saturated carbocycles. The summed E-state index contributed by atoms with van der Waals surface area (Å²) in [5.74, 6) is -0.556. The molecule has 0 aliphatic carbocycles. The molecule has 0 spiro atoms. The molecule has 1 N–H and O–H groups in total. The van der Waals surface area contributed by atoms with Crippen molar-refractivity contribution in [1.82, 2.24) is 9.88 Å². The van der Waals surface area contributed by atoms with Gasteiger partial charge in [-0.3, -0.25) is 9.69 Å². The number of sulfone groups is 1. The second-order valence-electron chi connectivity index (χ2n) is 6.20. The van der Waals surface area contributed by atoms with Crippen molar-refractivity contribution in [3.8, 4) is 0 Å². The summed E-state index contributed by atoms with van der Waals surface area (Å²) in [6.45, 7) is 1.43. The zero-order chi connectivity index (χ0) is 19.4. The van der Waals surface area contributed by atoms with Gasteiger partial charge in [0.15, 0.2) is 5.76 Å². The standard InChI is InChI=1S/C18H19N3O4S2/c1-21(10-15-11-26-12-19-15)9-13-4-3-5-14(8-13)20-18(22)16-6-7-17(25-16)27(2,23)24/h3-8,11-12H,9-10H2,1-2H3,(H,20,22). The summed E-state index contributed by atoms with van der Waals surface area (Å²) in [4.78, 5) is 18.7. The van der Waals surface area contributed by atoms with Crippen LogP contribution in [0, 0.1) is 0 Å². The average molecular weight is 406 g/mol. The molecule has 1 aromatic carbocycles. The Morgan fingerprint density at radius 2 is 2.07 bits per heavy atom.